The third-order valence-electron chi connectivity index (χ3n) is 6.18. The monoisotopic (exact) mass is 557 g/mol. The summed E-state index contributed by atoms with van der Waals surface area (Å²) >= 11 is 0. The van der Waals surface area contributed by atoms with Gasteiger partial charge in [0.25, 0.3) is 0 Å². The molecule has 0 radical (unpaired) electrons. The Balaban J connectivity index is 1.49. The van der Waals surface area contributed by atoms with Gasteiger partial charge in [-0.25, -0.2) is 18.2 Å². The topological polar surface area (TPSA) is 145 Å². The van der Waals surface area contributed by atoms with Crippen molar-refractivity contribution in [2.45, 2.75) is 42.5 Å². The largest absolute Gasteiger partial charge is 0.480 e. The number of ether oxygens (including phenoxy) is 4. The summed E-state index contributed by atoms with van der Waals surface area (Å²) in [6.45, 7) is -3.03. The van der Waals surface area contributed by atoms with Gasteiger partial charge >= 0.3 is 18.7 Å². The first-order valence-electron chi connectivity index (χ1n) is 11.5. The first-order chi connectivity index (χ1) is 18.1. The number of amides is 1. The molecule has 38 heavy (non-hydrogen) atoms. The van der Waals surface area contributed by atoms with Crippen LogP contribution in [0.25, 0.3) is 0 Å². The first kappa shape index (κ1) is 27.5. The highest BCUT2D eigenvalue weighted by molar-refractivity contribution is 7.89. The smallest absolute Gasteiger partial charge is 0.410 e. The van der Waals surface area contributed by atoms with E-state index in [1.807, 2.05) is 0 Å². The van der Waals surface area contributed by atoms with Gasteiger partial charge in [0.2, 0.25) is 15.9 Å². The number of carboxylic acid groups (broad SMARTS) is 1. The zero-order valence-corrected chi connectivity index (χ0v) is 20.9. The number of alkyl halides is 2. The second-order valence-electron chi connectivity index (χ2n) is 8.45. The van der Waals surface area contributed by atoms with Gasteiger partial charge < -0.3 is 24.1 Å². The molecule has 1 N–H and O–H groups in total. The maximum absolute atomic E-state index is 13.5. The van der Waals surface area contributed by atoms with Gasteiger partial charge in [-0.1, -0.05) is 0 Å². The van der Waals surface area contributed by atoms with E-state index in [0.29, 0.717) is 12.8 Å². The summed E-state index contributed by atoms with van der Waals surface area (Å²) in [5.41, 5.74) is 0. The molecule has 0 spiro atoms. The summed E-state index contributed by atoms with van der Waals surface area (Å²) in [7, 11) is -2.87. The number of hydrogen-bond acceptors (Lipinski definition) is 9. The maximum atomic E-state index is 13.5. The molecule has 2 aromatic rings. The molecule has 2 aliphatic heterocycles. The maximum Gasteiger partial charge on any atom is 0.410 e. The predicted octanol–water partition coefficient (Wildman–Crippen LogP) is 2.55. The molecular formula is C23H25F2N3O9S. The lowest BCUT2D eigenvalue weighted by Crippen LogP contribution is -2.64. The number of aliphatic carboxylic acids is 1. The van der Waals surface area contributed by atoms with Gasteiger partial charge in [0, 0.05) is 25.8 Å². The number of hydrogen-bond donors (Lipinski definition) is 1. The zero-order valence-electron chi connectivity index (χ0n) is 20.1. The number of benzene rings is 1. The molecule has 3 atom stereocenters. The minimum absolute atomic E-state index is 0.0151. The van der Waals surface area contributed by atoms with Crippen LogP contribution in [-0.4, -0.2) is 91.4 Å². The highest BCUT2D eigenvalue weighted by Gasteiger charge is 2.55. The Morgan fingerprint density at radius 3 is 2.42 bits per heavy atom. The van der Waals surface area contributed by atoms with Gasteiger partial charge in [-0.15, -0.1) is 0 Å². The van der Waals surface area contributed by atoms with Crippen molar-refractivity contribution < 1.29 is 50.8 Å². The number of carboxylic acids is 1. The summed E-state index contributed by atoms with van der Waals surface area (Å²) in [5, 5.41) is 9.94. The predicted molar refractivity (Wildman–Crippen MR) is 125 cm³/mol. The zero-order chi connectivity index (χ0) is 27.4. The van der Waals surface area contributed by atoms with Crippen LogP contribution in [0, 0.1) is 0 Å². The Bertz CT molecular complexity index is 1250. The Hall–Kier alpha value is -3.56. The van der Waals surface area contributed by atoms with Crippen LogP contribution in [0.15, 0.2) is 47.5 Å². The average Bonchev–Trinajstić information content (AvgIpc) is 3.17. The molecule has 2 bridgehead atoms. The van der Waals surface area contributed by atoms with Crippen LogP contribution in [0.5, 0.6) is 17.4 Å². The Labute approximate surface area is 216 Å². The van der Waals surface area contributed by atoms with Gasteiger partial charge in [0.05, 0.1) is 18.8 Å². The summed E-state index contributed by atoms with van der Waals surface area (Å²) in [6, 6.07) is 4.83. The number of pyridine rings is 1. The van der Waals surface area contributed by atoms with Crippen molar-refractivity contribution in [1.29, 1.82) is 0 Å². The highest BCUT2D eigenvalue weighted by atomic mass is 32.2. The lowest BCUT2D eigenvalue weighted by molar-refractivity contribution is -0.145. The molecule has 15 heteroatoms. The summed E-state index contributed by atoms with van der Waals surface area (Å²) < 4.78 is 72.2. The van der Waals surface area contributed by atoms with Crippen molar-refractivity contribution in [3.05, 3.63) is 42.6 Å². The third-order valence-corrected chi connectivity index (χ3v) is 8.01. The van der Waals surface area contributed by atoms with Gasteiger partial charge in [-0.2, -0.15) is 13.1 Å². The third kappa shape index (κ3) is 5.79. The molecule has 3 heterocycles. The van der Waals surface area contributed by atoms with Crippen molar-refractivity contribution in [2.75, 3.05) is 26.9 Å². The summed E-state index contributed by atoms with van der Waals surface area (Å²) in [6.07, 6.45) is 1.05. The number of nitrogens with zero attached hydrogens (tertiary/aromatic N) is 3. The van der Waals surface area contributed by atoms with Crippen molar-refractivity contribution in [1.82, 2.24) is 14.2 Å². The quantitative estimate of drug-likeness (QED) is 0.433. The van der Waals surface area contributed by atoms with Crippen molar-refractivity contribution in [3.63, 3.8) is 0 Å². The molecule has 1 aromatic heterocycles. The van der Waals surface area contributed by atoms with E-state index in [1.54, 1.807) is 0 Å². The first-order valence-corrected chi connectivity index (χ1v) is 12.9. The van der Waals surface area contributed by atoms with E-state index in [2.05, 4.69) is 9.72 Å². The minimum atomic E-state index is -4.31. The van der Waals surface area contributed by atoms with E-state index >= 15 is 0 Å². The lowest BCUT2D eigenvalue weighted by Gasteiger charge is -2.43. The van der Waals surface area contributed by atoms with Crippen LogP contribution >= 0.6 is 0 Å². The van der Waals surface area contributed by atoms with Crippen molar-refractivity contribution in [2.24, 2.45) is 0 Å². The average molecular weight is 558 g/mol. The number of carbonyl (C=O) groups is 2. The molecule has 1 amide bonds. The Morgan fingerprint density at radius 2 is 1.82 bits per heavy atom. The number of aromatic nitrogens is 1. The standard InChI is InChI=1S/C23H25F2N3O9S/c1-34-10-11-35-23(31)28-14-2-8-18(28)20(21(29)30)27(13-14)38(32,33)17-7-9-19(26-12-17)36-15-3-5-16(6-4-15)37-22(24)25/h3-7,9,12,14,18,20,22H,2,8,10-11,13H2,1H3,(H,29,30)/t14-,18+,20-/m1/s1. The molecule has 12 nitrogen and oxygen atoms in total. The second-order valence-corrected chi connectivity index (χ2v) is 10.3. The van der Waals surface area contributed by atoms with E-state index in [0.717, 1.165) is 10.5 Å². The lowest BCUT2D eigenvalue weighted by atomic mass is 10.1. The summed E-state index contributed by atoms with van der Waals surface area (Å²) in [5.74, 6) is -1.19. The fourth-order valence-corrected chi connectivity index (χ4v) is 6.14. The molecule has 2 aliphatic rings. The van der Waals surface area contributed by atoms with Crippen LogP contribution in [0.1, 0.15) is 12.8 Å². The molecule has 2 fully saturated rings. The number of carbonyl (C=O) groups excluding carboxylic acids is 1. The van der Waals surface area contributed by atoms with Gasteiger partial charge in [-0.3, -0.25) is 9.69 Å². The normalized spacial score (nSPS) is 21.4. The van der Waals surface area contributed by atoms with Crippen LogP contribution in [-0.2, 0) is 24.3 Å². The molecule has 0 aliphatic carbocycles. The minimum Gasteiger partial charge on any atom is -0.480 e. The van der Waals surface area contributed by atoms with Crippen LogP contribution < -0.4 is 9.47 Å². The Morgan fingerprint density at radius 1 is 1.11 bits per heavy atom. The van der Waals surface area contributed by atoms with Crippen LogP contribution in [0.2, 0.25) is 0 Å². The number of sulfonamides is 1. The van der Waals surface area contributed by atoms with E-state index in [9.17, 15) is 31.9 Å². The molecule has 4 rings (SSSR count). The number of piperazine rings is 1. The number of rotatable bonds is 10. The van der Waals surface area contributed by atoms with E-state index in [1.165, 1.54) is 48.4 Å². The van der Waals surface area contributed by atoms with Crippen molar-refractivity contribution >= 4 is 22.1 Å². The van der Waals surface area contributed by atoms with Crippen molar-refractivity contribution in [3.8, 4) is 17.4 Å². The second kappa shape index (κ2) is 11.4. The van der Waals surface area contributed by atoms with Crippen LogP contribution in [0.4, 0.5) is 13.6 Å². The van der Waals surface area contributed by atoms with E-state index < -0.39 is 46.8 Å². The highest BCUT2D eigenvalue weighted by Crippen LogP contribution is 2.38. The molecule has 0 saturated carbocycles. The summed E-state index contributed by atoms with van der Waals surface area (Å²) in [4.78, 5) is 29.9. The molecule has 206 valence electrons. The van der Waals surface area contributed by atoms with Gasteiger partial charge in [-0.05, 0) is 43.2 Å². The Kier molecular flexibility index (Phi) is 8.28. The SMILES string of the molecule is COCCOC(=O)N1[C@@H]2CC[C@H]1[C@H](C(=O)O)N(S(=O)(=O)c1ccc(Oc3ccc(OC(F)F)cc3)nc1)C2. The number of halogens is 2. The fourth-order valence-electron chi connectivity index (χ4n) is 4.55. The fraction of sp³-hybridized carbons (Fsp3) is 0.435. The van der Waals surface area contributed by atoms with E-state index in [-0.39, 0.29) is 42.0 Å². The number of methoxy groups -OCH3 is 1. The van der Waals surface area contributed by atoms with Crippen LogP contribution in [0.3, 0.4) is 0 Å². The molecular weight excluding hydrogens is 532 g/mol. The van der Waals surface area contributed by atoms with E-state index in [4.69, 9.17) is 14.2 Å². The molecule has 0 unspecified atom stereocenters. The molecule has 2 saturated heterocycles. The number of fused-ring (bicyclic) bond motifs is 2. The molecule has 1 aromatic carbocycles. The van der Waals surface area contributed by atoms with Gasteiger partial charge in [0.15, 0.2) is 0 Å². The van der Waals surface area contributed by atoms with Gasteiger partial charge in [0.1, 0.15) is 29.0 Å².